The molecule has 1 amide bonds. The molecule has 0 aromatic carbocycles. The molecule has 1 fully saturated rings. The molecule has 4 nitrogen and oxygen atoms in total. The molecule has 1 aliphatic heterocycles. The van der Waals surface area contributed by atoms with Crippen LogP contribution >= 0.6 is 27.3 Å². The molecule has 92 valence electrons. The van der Waals surface area contributed by atoms with Gasteiger partial charge in [-0.15, -0.1) is 11.3 Å². The molecule has 1 aromatic rings. The van der Waals surface area contributed by atoms with Crippen molar-refractivity contribution in [3.05, 3.63) is 20.8 Å². The molecule has 0 saturated carbocycles. The Morgan fingerprint density at radius 3 is 2.71 bits per heavy atom. The van der Waals surface area contributed by atoms with Crippen molar-refractivity contribution in [3.63, 3.8) is 0 Å². The van der Waals surface area contributed by atoms with Crippen molar-refractivity contribution >= 4 is 39.1 Å². The number of amides is 1. The molecule has 0 radical (unpaired) electrons. The fraction of sp³-hybridized carbons (Fsp3) is 0.455. The first kappa shape index (κ1) is 12.6. The van der Waals surface area contributed by atoms with Crippen molar-refractivity contribution in [3.8, 4) is 0 Å². The lowest BCUT2D eigenvalue weighted by Gasteiger charge is -2.41. The summed E-state index contributed by atoms with van der Waals surface area (Å²) in [6.07, 6.45) is 0. The number of rotatable bonds is 3. The van der Waals surface area contributed by atoms with Gasteiger partial charge in [0.05, 0.1) is 15.3 Å². The number of likely N-dealkylation sites (tertiary alicyclic amines) is 1. The van der Waals surface area contributed by atoms with Crippen LogP contribution in [0, 0.1) is 11.8 Å². The Labute approximate surface area is 111 Å². The highest BCUT2D eigenvalue weighted by atomic mass is 79.9. The third-order valence-electron chi connectivity index (χ3n) is 3.11. The summed E-state index contributed by atoms with van der Waals surface area (Å²) in [7, 11) is 0. The van der Waals surface area contributed by atoms with Crippen LogP contribution in [0.15, 0.2) is 15.2 Å². The largest absolute Gasteiger partial charge is 0.481 e. The normalized spacial score (nSPS) is 17.6. The van der Waals surface area contributed by atoms with Crippen LogP contribution in [0.5, 0.6) is 0 Å². The zero-order chi connectivity index (χ0) is 12.6. The second kappa shape index (κ2) is 4.78. The van der Waals surface area contributed by atoms with Crippen LogP contribution in [0.4, 0.5) is 0 Å². The van der Waals surface area contributed by atoms with Crippen molar-refractivity contribution in [1.82, 2.24) is 4.90 Å². The fourth-order valence-corrected chi connectivity index (χ4v) is 2.93. The summed E-state index contributed by atoms with van der Waals surface area (Å²) in [5.41, 5.74) is 0.670. The van der Waals surface area contributed by atoms with Crippen LogP contribution in [0.3, 0.4) is 0 Å². The van der Waals surface area contributed by atoms with Gasteiger partial charge in [0.25, 0.3) is 5.91 Å². The summed E-state index contributed by atoms with van der Waals surface area (Å²) < 4.78 is 0.928. The van der Waals surface area contributed by atoms with Crippen molar-refractivity contribution in [2.24, 2.45) is 11.8 Å². The second-order valence-corrected chi connectivity index (χ2v) is 6.53. The summed E-state index contributed by atoms with van der Waals surface area (Å²) in [4.78, 5) is 24.4. The Bertz CT molecular complexity index is 453. The van der Waals surface area contributed by atoms with Gasteiger partial charge in [-0.25, -0.2) is 0 Å². The number of hydrogen-bond donors (Lipinski definition) is 1. The third kappa shape index (κ3) is 2.52. The van der Waals surface area contributed by atoms with E-state index in [-0.39, 0.29) is 17.7 Å². The first-order valence-electron chi connectivity index (χ1n) is 5.25. The molecule has 1 N–H and O–H groups in total. The monoisotopic (exact) mass is 317 g/mol. The van der Waals surface area contributed by atoms with E-state index in [9.17, 15) is 9.59 Å². The van der Waals surface area contributed by atoms with Crippen LogP contribution in [0.25, 0.3) is 0 Å². The molecular formula is C11H12BrNO3S. The molecule has 1 aliphatic rings. The van der Waals surface area contributed by atoms with Crippen LogP contribution in [0.2, 0.25) is 0 Å². The zero-order valence-corrected chi connectivity index (χ0v) is 11.6. The predicted molar refractivity (Wildman–Crippen MR) is 68.2 cm³/mol. The lowest BCUT2D eigenvalue weighted by Crippen LogP contribution is -2.53. The van der Waals surface area contributed by atoms with E-state index in [0.29, 0.717) is 18.7 Å². The Hall–Kier alpha value is -0.880. The highest BCUT2D eigenvalue weighted by Gasteiger charge is 2.37. The van der Waals surface area contributed by atoms with Gasteiger partial charge in [-0.1, -0.05) is 6.92 Å². The topological polar surface area (TPSA) is 57.6 Å². The van der Waals surface area contributed by atoms with Crippen molar-refractivity contribution in [1.29, 1.82) is 0 Å². The molecular weight excluding hydrogens is 306 g/mol. The summed E-state index contributed by atoms with van der Waals surface area (Å²) in [6, 6.07) is 1.79. The summed E-state index contributed by atoms with van der Waals surface area (Å²) in [5.74, 6) is -1.10. The fourth-order valence-electron chi connectivity index (χ4n) is 1.80. The van der Waals surface area contributed by atoms with Gasteiger partial charge in [-0.05, 0) is 22.0 Å². The molecule has 1 atom stereocenters. The zero-order valence-electron chi connectivity index (χ0n) is 9.22. The van der Waals surface area contributed by atoms with E-state index in [1.54, 1.807) is 23.3 Å². The average Bonchev–Trinajstić information content (AvgIpc) is 2.62. The lowest BCUT2D eigenvalue weighted by atomic mass is 9.87. The van der Waals surface area contributed by atoms with E-state index >= 15 is 0 Å². The third-order valence-corrected chi connectivity index (χ3v) is 4.61. The number of carbonyl (C=O) groups is 2. The van der Waals surface area contributed by atoms with Crippen molar-refractivity contribution < 1.29 is 14.7 Å². The summed E-state index contributed by atoms with van der Waals surface area (Å²) in [5, 5.41) is 10.7. The Morgan fingerprint density at radius 1 is 1.59 bits per heavy atom. The number of carbonyl (C=O) groups excluding carboxylic acids is 1. The Balaban J connectivity index is 1.92. The molecule has 0 aliphatic carbocycles. The lowest BCUT2D eigenvalue weighted by molar-refractivity contribution is -0.144. The number of hydrogen-bond acceptors (Lipinski definition) is 3. The van der Waals surface area contributed by atoms with Crippen molar-refractivity contribution in [2.75, 3.05) is 13.1 Å². The van der Waals surface area contributed by atoms with Crippen LogP contribution in [-0.4, -0.2) is 35.0 Å². The number of carboxylic acids is 1. The van der Waals surface area contributed by atoms with Crippen molar-refractivity contribution in [2.45, 2.75) is 6.92 Å². The van der Waals surface area contributed by atoms with Gasteiger partial charge in [0.15, 0.2) is 0 Å². The van der Waals surface area contributed by atoms with E-state index in [0.717, 1.165) is 3.79 Å². The minimum absolute atomic E-state index is 0.0132. The number of halogens is 1. The first-order valence-corrected chi connectivity index (χ1v) is 6.92. The van der Waals surface area contributed by atoms with Gasteiger partial charge >= 0.3 is 5.97 Å². The molecule has 0 bridgehead atoms. The molecule has 1 saturated heterocycles. The van der Waals surface area contributed by atoms with E-state index < -0.39 is 5.97 Å². The predicted octanol–water partition coefficient (Wildman–Crippen LogP) is 2.30. The van der Waals surface area contributed by atoms with E-state index in [1.165, 1.54) is 11.3 Å². The number of nitrogens with zero attached hydrogens (tertiary/aromatic N) is 1. The maximum Gasteiger partial charge on any atom is 0.306 e. The second-order valence-electron chi connectivity index (χ2n) is 4.24. The summed E-state index contributed by atoms with van der Waals surface area (Å²) >= 11 is 4.79. The highest BCUT2D eigenvalue weighted by Crippen LogP contribution is 2.28. The number of thiophene rings is 1. The smallest absolute Gasteiger partial charge is 0.306 e. The van der Waals surface area contributed by atoms with Gasteiger partial charge in [-0.3, -0.25) is 9.59 Å². The van der Waals surface area contributed by atoms with Gasteiger partial charge < -0.3 is 10.0 Å². The SMILES string of the molecule is CC(C(=O)O)C1CN(C(=O)c2csc(Br)c2)C1. The molecule has 1 aromatic heterocycles. The van der Waals surface area contributed by atoms with Gasteiger partial charge in [0.2, 0.25) is 0 Å². The quantitative estimate of drug-likeness (QED) is 0.930. The van der Waals surface area contributed by atoms with Crippen LogP contribution < -0.4 is 0 Å². The Morgan fingerprint density at radius 2 is 2.24 bits per heavy atom. The molecule has 17 heavy (non-hydrogen) atoms. The molecule has 1 unspecified atom stereocenters. The minimum Gasteiger partial charge on any atom is -0.481 e. The van der Waals surface area contributed by atoms with E-state index in [1.807, 2.05) is 0 Å². The Kier molecular flexibility index (Phi) is 3.53. The first-order chi connectivity index (χ1) is 7.99. The van der Waals surface area contributed by atoms with Gasteiger partial charge in [-0.2, -0.15) is 0 Å². The van der Waals surface area contributed by atoms with E-state index in [2.05, 4.69) is 15.9 Å². The van der Waals surface area contributed by atoms with Gasteiger partial charge in [0, 0.05) is 24.4 Å². The van der Waals surface area contributed by atoms with E-state index in [4.69, 9.17) is 5.11 Å². The van der Waals surface area contributed by atoms with Gasteiger partial charge in [0.1, 0.15) is 0 Å². The maximum absolute atomic E-state index is 11.9. The minimum atomic E-state index is -0.791. The molecule has 2 heterocycles. The molecule has 0 spiro atoms. The van der Waals surface area contributed by atoms with Crippen LogP contribution in [-0.2, 0) is 4.79 Å². The molecule has 6 heteroatoms. The molecule has 2 rings (SSSR count). The standard InChI is InChI=1S/C11H12BrNO3S/c1-6(11(15)16)8-3-13(4-8)10(14)7-2-9(12)17-5-7/h2,5-6,8H,3-4H2,1H3,(H,15,16). The maximum atomic E-state index is 11.9. The highest BCUT2D eigenvalue weighted by molar-refractivity contribution is 9.11. The number of aliphatic carboxylic acids is 1. The summed E-state index contributed by atoms with van der Waals surface area (Å²) in [6.45, 7) is 2.77. The number of carboxylic acid groups (broad SMARTS) is 1. The van der Waals surface area contributed by atoms with Crippen LogP contribution in [0.1, 0.15) is 17.3 Å². The average molecular weight is 318 g/mol.